The second-order valence-electron chi connectivity index (χ2n) is 8.04. The fourth-order valence-electron chi connectivity index (χ4n) is 3.89. The van der Waals surface area contributed by atoms with E-state index in [1.54, 1.807) is 6.92 Å². The van der Waals surface area contributed by atoms with Gasteiger partial charge in [-0.2, -0.15) is 0 Å². The van der Waals surface area contributed by atoms with Crippen molar-refractivity contribution in [3.63, 3.8) is 0 Å². The highest BCUT2D eigenvalue weighted by atomic mass is 16.5. The average molecular weight is 480 g/mol. The minimum atomic E-state index is -0.807. The molecule has 2 aliphatic heterocycles. The van der Waals surface area contributed by atoms with E-state index in [-0.39, 0.29) is 35.9 Å². The Bertz CT molecular complexity index is 1170. The van der Waals surface area contributed by atoms with E-state index >= 15 is 0 Å². The molecule has 0 spiro atoms. The minimum Gasteiger partial charge on any atom is -0.462 e. The number of rotatable bonds is 8. The van der Waals surface area contributed by atoms with Crippen LogP contribution in [0.5, 0.6) is 0 Å². The molecule has 35 heavy (non-hydrogen) atoms. The SMILES string of the molecule is CCOC(=O)c1ccc(NC(=O)COC(=O)c2ccc3c(c2)C(=O)N(C[C@@H]2CCCO2)C3=O)cc1. The molecule has 0 saturated carbocycles. The molecule has 182 valence electrons. The molecular formula is C25H24N2O8. The van der Waals surface area contributed by atoms with Crippen LogP contribution in [0.15, 0.2) is 42.5 Å². The number of imide groups is 1. The number of hydrogen-bond donors (Lipinski definition) is 1. The third-order valence-electron chi connectivity index (χ3n) is 5.63. The maximum absolute atomic E-state index is 12.7. The Labute approximate surface area is 201 Å². The summed E-state index contributed by atoms with van der Waals surface area (Å²) in [5.41, 5.74) is 1.14. The number of carbonyl (C=O) groups excluding carboxylic acids is 5. The van der Waals surface area contributed by atoms with E-state index in [0.717, 1.165) is 17.7 Å². The van der Waals surface area contributed by atoms with Gasteiger partial charge in [-0.25, -0.2) is 9.59 Å². The predicted molar refractivity (Wildman–Crippen MR) is 122 cm³/mol. The van der Waals surface area contributed by atoms with Gasteiger partial charge >= 0.3 is 11.9 Å². The van der Waals surface area contributed by atoms with Crippen molar-refractivity contribution in [2.45, 2.75) is 25.9 Å². The van der Waals surface area contributed by atoms with Gasteiger partial charge in [-0.3, -0.25) is 19.3 Å². The van der Waals surface area contributed by atoms with E-state index in [1.165, 1.54) is 42.5 Å². The molecular weight excluding hydrogens is 456 g/mol. The Balaban J connectivity index is 1.32. The largest absolute Gasteiger partial charge is 0.462 e. The van der Waals surface area contributed by atoms with E-state index in [2.05, 4.69) is 5.32 Å². The fourth-order valence-corrected chi connectivity index (χ4v) is 3.89. The second-order valence-corrected chi connectivity index (χ2v) is 8.04. The molecule has 0 aromatic heterocycles. The molecule has 2 aromatic rings. The zero-order chi connectivity index (χ0) is 24.9. The van der Waals surface area contributed by atoms with Gasteiger partial charge in [0.1, 0.15) is 0 Å². The first-order chi connectivity index (χ1) is 16.9. The molecule has 3 amide bonds. The summed E-state index contributed by atoms with van der Waals surface area (Å²) in [5.74, 6) is -2.77. The van der Waals surface area contributed by atoms with E-state index in [4.69, 9.17) is 14.2 Å². The highest BCUT2D eigenvalue weighted by molar-refractivity contribution is 6.22. The summed E-state index contributed by atoms with van der Waals surface area (Å²) in [6.07, 6.45) is 1.49. The average Bonchev–Trinajstić information content (AvgIpc) is 3.46. The molecule has 2 aromatic carbocycles. The molecule has 2 aliphatic rings. The molecule has 1 atom stereocenters. The summed E-state index contributed by atoms with van der Waals surface area (Å²) < 4.78 is 15.5. The Morgan fingerprint density at radius 2 is 1.66 bits per heavy atom. The van der Waals surface area contributed by atoms with Crippen LogP contribution in [-0.2, 0) is 19.0 Å². The van der Waals surface area contributed by atoms with Crippen LogP contribution in [0.4, 0.5) is 5.69 Å². The van der Waals surface area contributed by atoms with Gasteiger partial charge in [-0.1, -0.05) is 0 Å². The Morgan fingerprint density at radius 1 is 0.971 bits per heavy atom. The fraction of sp³-hybridized carbons (Fsp3) is 0.320. The van der Waals surface area contributed by atoms with Crippen LogP contribution in [0.2, 0.25) is 0 Å². The van der Waals surface area contributed by atoms with Crippen LogP contribution < -0.4 is 5.32 Å². The normalized spacial score (nSPS) is 16.7. The number of amides is 3. The van der Waals surface area contributed by atoms with Crippen LogP contribution in [0.3, 0.4) is 0 Å². The van der Waals surface area contributed by atoms with Crippen molar-refractivity contribution in [1.82, 2.24) is 4.90 Å². The highest BCUT2D eigenvalue weighted by Crippen LogP contribution is 2.26. The zero-order valence-electron chi connectivity index (χ0n) is 19.1. The van der Waals surface area contributed by atoms with Crippen molar-refractivity contribution in [1.29, 1.82) is 0 Å². The van der Waals surface area contributed by atoms with Gasteiger partial charge in [0.25, 0.3) is 17.7 Å². The van der Waals surface area contributed by atoms with Crippen LogP contribution in [-0.4, -0.2) is 67.0 Å². The summed E-state index contributed by atoms with van der Waals surface area (Å²) in [5, 5.41) is 2.56. The molecule has 1 fully saturated rings. The van der Waals surface area contributed by atoms with E-state index in [0.29, 0.717) is 17.9 Å². The number of nitrogens with zero attached hydrogens (tertiary/aromatic N) is 1. The number of carbonyl (C=O) groups is 5. The Hall–Kier alpha value is -4.05. The highest BCUT2D eigenvalue weighted by Gasteiger charge is 2.38. The molecule has 0 radical (unpaired) electrons. The Kier molecular flexibility index (Phi) is 7.21. The van der Waals surface area contributed by atoms with Crippen molar-refractivity contribution in [2.75, 3.05) is 31.7 Å². The lowest BCUT2D eigenvalue weighted by molar-refractivity contribution is -0.119. The first kappa shape index (κ1) is 24.1. The van der Waals surface area contributed by atoms with Crippen LogP contribution in [0.25, 0.3) is 0 Å². The molecule has 10 nitrogen and oxygen atoms in total. The third kappa shape index (κ3) is 5.38. The Morgan fingerprint density at radius 3 is 2.34 bits per heavy atom. The monoisotopic (exact) mass is 480 g/mol. The summed E-state index contributed by atoms with van der Waals surface area (Å²) >= 11 is 0. The van der Waals surface area contributed by atoms with Crippen molar-refractivity contribution in [3.05, 3.63) is 64.7 Å². The van der Waals surface area contributed by atoms with Gasteiger partial charge in [-0.15, -0.1) is 0 Å². The molecule has 0 aliphatic carbocycles. The first-order valence-electron chi connectivity index (χ1n) is 11.2. The van der Waals surface area contributed by atoms with Gasteiger partial charge in [0.15, 0.2) is 6.61 Å². The van der Waals surface area contributed by atoms with Crippen molar-refractivity contribution in [2.24, 2.45) is 0 Å². The number of fused-ring (bicyclic) bond motifs is 1. The summed E-state index contributed by atoms with van der Waals surface area (Å²) in [6, 6.07) is 10.2. The maximum Gasteiger partial charge on any atom is 0.338 e. The predicted octanol–water partition coefficient (Wildman–Crippen LogP) is 2.43. The van der Waals surface area contributed by atoms with Crippen molar-refractivity contribution >= 4 is 35.3 Å². The molecule has 0 bridgehead atoms. The number of ether oxygens (including phenoxy) is 3. The smallest absolute Gasteiger partial charge is 0.338 e. The van der Waals surface area contributed by atoms with E-state index in [1.807, 2.05) is 0 Å². The molecule has 1 N–H and O–H groups in total. The topological polar surface area (TPSA) is 128 Å². The summed E-state index contributed by atoms with van der Waals surface area (Å²) in [6.45, 7) is 2.18. The quantitative estimate of drug-likeness (QED) is 0.451. The molecule has 4 rings (SSSR count). The van der Waals surface area contributed by atoms with Crippen molar-refractivity contribution in [3.8, 4) is 0 Å². The summed E-state index contributed by atoms with van der Waals surface area (Å²) in [7, 11) is 0. The van der Waals surface area contributed by atoms with Crippen LogP contribution >= 0.6 is 0 Å². The lowest BCUT2D eigenvalue weighted by atomic mass is 10.1. The number of hydrogen-bond acceptors (Lipinski definition) is 8. The number of benzene rings is 2. The molecule has 1 saturated heterocycles. The van der Waals surface area contributed by atoms with Crippen molar-refractivity contribution < 1.29 is 38.2 Å². The van der Waals surface area contributed by atoms with Crippen LogP contribution in [0, 0.1) is 0 Å². The molecule has 0 unspecified atom stereocenters. The third-order valence-corrected chi connectivity index (χ3v) is 5.63. The second kappa shape index (κ2) is 10.5. The molecule has 2 heterocycles. The lowest BCUT2D eigenvalue weighted by Crippen LogP contribution is -2.36. The van der Waals surface area contributed by atoms with E-state index < -0.39 is 36.3 Å². The van der Waals surface area contributed by atoms with Gasteiger partial charge in [0.2, 0.25) is 0 Å². The first-order valence-corrected chi connectivity index (χ1v) is 11.2. The minimum absolute atomic E-state index is 0.0513. The van der Waals surface area contributed by atoms with E-state index in [9.17, 15) is 24.0 Å². The van der Waals surface area contributed by atoms with Gasteiger partial charge in [0.05, 0.1) is 41.5 Å². The van der Waals surface area contributed by atoms with Crippen LogP contribution in [0.1, 0.15) is 61.2 Å². The van der Waals surface area contributed by atoms with Gasteiger partial charge in [0, 0.05) is 12.3 Å². The lowest BCUT2D eigenvalue weighted by Gasteiger charge is -2.17. The molecule has 10 heteroatoms. The maximum atomic E-state index is 12.7. The zero-order valence-corrected chi connectivity index (χ0v) is 19.1. The summed E-state index contributed by atoms with van der Waals surface area (Å²) in [4.78, 5) is 62.8. The number of anilines is 1. The standard InChI is InChI=1S/C25H24N2O8/c1-2-33-24(31)15-5-8-17(9-6-15)26-21(28)14-35-25(32)16-7-10-19-20(12-16)23(30)27(22(19)29)13-18-4-3-11-34-18/h5-10,12,18H,2-4,11,13-14H2,1H3,(H,26,28)/t18-/m0/s1. The van der Waals surface area contributed by atoms with Gasteiger partial charge in [-0.05, 0) is 62.2 Å². The van der Waals surface area contributed by atoms with Gasteiger partial charge < -0.3 is 19.5 Å². The number of esters is 2. The number of nitrogens with one attached hydrogen (secondary N) is 1.